The molecule has 1 aromatic carbocycles. The third-order valence-electron chi connectivity index (χ3n) is 3.33. The van der Waals surface area contributed by atoms with Crippen LogP contribution in [0.4, 0.5) is 24.5 Å². The molecule has 0 saturated carbocycles. The summed E-state index contributed by atoms with van der Waals surface area (Å²) in [6.07, 6.45) is -4.44. The third-order valence-corrected chi connectivity index (χ3v) is 5.13. The summed E-state index contributed by atoms with van der Waals surface area (Å²) in [7, 11) is -3.08. The molecular weight excluding hydrogens is 293 g/mol. The van der Waals surface area contributed by atoms with E-state index in [2.05, 4.69) is 0 Å². The van der Waals surface area contributed by atoms with E-state index in [9.17, 15) is 21.6 Å². The van der Waals surface area contributed by atoms with Gasteiger partial charge in [0.1, 0.15) is 0 Å². The Bertz CT molecular complexity index is 614. The van der Waals surface area contributed by atoms with Gasteiger partial charge in [-0.25, -0.2) is 8.42 Å². The zero-order valence-electron chi connectivity index (χ0n) is 10.8. The Balaban J connectivity index is 2.31. The molecule has 1 atom stereocenters. The van der Waals surface area contributed by atoms with Crippen molar-refractivity contribution in [1.82, 2.24) is 0 Å². The summed E-state index contributed by atoms with van der Waals surface area (Å²) in [6, 6.07) is 2.83. The average Bonchev–Trinajstić information content (AvgIpc) is 2.27. The van der Waals surface area contributed by atoms with E-state index in [1.54, 1.807) is 11.8 Å². The normalized spacial score (nSPS) is 22.8. The van der Waals surface area contributed by atoms with Gasteiger partial charge in [-0.15, -0.1) is 0 Å². The first-order valence-corrected chi connectivity index (χ1v) is 7.86. The predicted octanol–water partition coefficient (Wildman–Crippen LogP) is 1.91. The van der Waals surface area contributed by atoms with Gasteiger partial charge in [-0.3, -0.25) is 0 Å². The SMILES string of the molecule is CC1CS(=O)(=O)CCN1c1ccc(C(F)(F)F)cc1N. The first kappa shape index (κ1) is 15.0. The molecule has 20 heavy (non-hydrogen) atoms. The molecule has 0 aliphatic carbocycles. The van der Waals surface area contributed by atoms with Crippen LogP contribution in [0, 0.1) is 0 Å². The lowest BCUT2D eigenvalue weighted by Crippen LogP contribution is -2.47. The van der Waals surface area contributed by atoms with Crippen molar-refractivity contribution in [3.8, 4) is 0 Å². The predicted molar refractivity (Wildman–Crippen MR) is 71.3 cm³/mol. The number of nitrogens with zero attached hydrogens (tertiary/aromatic N) is 1. The Hall–Kier alpha value is -1.44. The molecule has 0 radical (unpaired) electrons. The molecule has 1 saturated heterocycles. The van der Waals surface area contributed by atoms with E-state index in [0.717, 1.165) is 12.1 Å². The largest absolute Gasteiger partial charge is 0.416 e. The highest BCUT2D eigenvalue weighted by Gasteiger charge is 2.33. The van der Waals surface area contributed by atoms with Gasteiger partial charge in [-0.2, -0.15) is 13.2 Å². The van der Waals surface area contributed by atoms with E-state index in [1.165, 1.54) is 6.07 Å². The number of sulfone groups is 1. The fraction of sp³-hybridized carbons (Fsp3) is 0.500. The summed E-state index contributed by atoms with van der Waals surface area (Å²) < 4.78 is 60.7. The second-order valence-corrected chi connectivity index (χ2v) is 7.16. The van der Waals surface area contributed by atoms with Crippen LogP contribution in [0.15, 0.2) is 18.2 Å². The molecule has 1 heterocycles. The van der Waals surface area contributed by atoms with Crippen molar-refractivity contribution >= 4 is 21.2 Å². The monoisotopic (exact) mass is 308 g/mol. The fourth-order valence-corrected chi connectivity index (χ4v) is 3.91. The van der Waals surface area contributed by atoms with Crippen LogP contribution in [0.3, 0.4) is 0 Å². The molecule has 0 amide bonds. The molecule has 112 valence electrons. The van der Waals surface area contributed by atoms with E-state index in [4.69, 9.17) is 5.73 Å². The standard InChI is InChI=1S/C12H15F3N2O2S/c1-8-7-20(18,19)5-4-17(8)11-3-2-9(6-10(11)16)12(13,14)15/h2-3,6,8H,4-5,7,16H2,1H3. The summed E-state index contributed by atoms with van der Waals surface area (Å²) in [6.45, 7) is 1.95. The molecule has 1 aliphatic rings. The van der Waals surface area contributed by atoms with Crippen molar-refractivity contribution in [2.24, 2.45) is 0 Å². The molecule has 2 N–H and O–H groups in total. The third kappa shape index (κ3) is 3.00. The Kier molecular flexibility index (Phi) is 3.62. The minimum absolute atomic E-state index is 0.00553. The summed E-state index contributed by atoms with van der Waals surface area (Å²) in [4.78, 5) is 1.73. The van der Waals surface area contributed by atoms with Crippen molar-refractivity contribution in [3.05, 3.63) is 23.8 Å². The molecule has 0 bridgehead atoms. The summed E-state index contributed by atoms with van der Waals surface area (Å²) in [5.41, 5.74) is 5.33. The van der Waals surface area contributed by atoms with Crippen LogP contribution in [0.5, 0.6) is 0 Å². The zero-order valence-corrected chi connectivity index (χ0v) is 11.6. The maximum absolute atomic E-state index is 12.6. The van der Waals surface area contributed by atoms with Gasteiger partial charge < -0.3 is 10.6 Å². The smallest absolute Gasteiger partial charge is 0.397 e. The van der Waals surface area contributed by atoms with Gasteiger partial charge in [0.15, 0.2) is 9.84 Å². The number of benzene rings is 1. The highest BCUT2D eigenvalue weighted by Crippen LogP contribution is 2.35. The molecular formula is C12H15F3N2O2S. The zero-order chi connectivity index (χ0) is 15.1. The van der Waals surface area contributed by atoms with Crippen molar-refractivity contribution in [3.63, 3.8) is 0 Å². The van der Waals surface area contributed by atoms with Crippen LogP contribution in [-0.4, -0.2) is 32.5 Å². The summed E-state index contributed by atoms with van der Waals surface area (Å²) >= 11 is 0. The number of nitrogen functional groups attached to an aromatic ring is 1. The Morgan fingerprint density at radius 2 is 2.00 bits per heavy atom. The maximum Gasteiger partial charge on any atom is 0.416 e. The number of rotatable bonds is 1. The number of hydrogen-bond donors (Lipinski definition) is 1. The Morgan fingerprint density at radius 1 is 1.35 bits per heavy atom. The maximum atomic E-state index is 12.6. The first-order valence-electron chi connectivity index (χ1n) is 6.04. The van der Waals surface area contributed by atoms with Crippen LogP contribution >= 0.6 is 0 Å². The lowest BCUT2D eigenvalue weighted by Gasteiger charge is -2.36. The van der Waals surface area contributed by atoms with E-state index in [-0.39, 0.29) is 29.8 Å². The van der Waals surface area contributed by atoms with Gasteiger partial charge in [0.05, 0.1) is 28.4 Å². The van der Waals surface area contributed by atoms with E-state index >= 15 is 0 Å². The minimum Gasteiger partial charge on any atom is -0.397 e. The average molecular weight is 308 g/mol. The molecule has 1 aliphatic heterocycles. The highest BCUT2D eigenvalue weighted by atomic mass is 32.2. The minimum atomic E-state index is -4.44. The molecule has 0 spiro atoms. The number of nitrogens with two attached hydrogens (primary N) is 1. The Labute approximate surface area is 115 Å². The molecule has 0 aromatic heterocycles. The van der Waals surface area contributed by atoms with Gasteiger partial charge in [0, 0.05) is 12.6 Å². The molecule has 1 unspecified atom stereocenters. The van der Waals surface area contributed by atoms with Gasteiger partial charge in [0.2, 0.25) is 0 Å². The van der Waals surface area contributed by atoms with Crippen LogP contribution in [-0.2, 0) is 16.0 Å². The van der Waals surface area contributed by atoms with Crippen LogP contribution in [0.2, 0.25) is 0 Å². The van der Waals surface area contributed by atoms with Gasteiger partial charge in [-0.05, 0) is 25.1 Å². The fourth-order valence-electron chi connectivity index (χ4n) is 2.35. The summed E-state index contributed by atoms with van der Waals surface area (Å²) in [5.74, 6) is -0.0364. The van der Waals surface area contributed by atoms with Gasteiger partial charge >= 0.3 is 6.18 Å². The second-order valence-electron chi connectivity index (χ2n) is 4.93. The number of anilines is 2. The molecule has 1 aromatic rings. The topological polar surface area (TPSA) is 63.4 Å². The van der Waals surface area contributed by atoms with Crippen LogP contribution < -0.4 is 10.6 Å². The van der Waals surface area contributed by atoms with Crippen LogP contribution in [0.1, 0.15) is 12.5 Å². The van der Waals surface area contributed by atoms with Crippen molar-refractivity contribution in [2.75, 3.05) is 28.7 Å². The first-order chi connectivity index (χ1) is 9.10. The Morgan fingerprint density at radius 3 is 2.50 bits per heavy atom. The van der Waals surface area contributed by atoms with E-state index < -0.39 is 21.6 Å². The van der Waals surface area contributed by atoms with E-state index in [0.29, 0.717) is 5.69 Å². The second kappa shape index (κ2) is 4.83. The number of hydrogen-bond acceptors (Lipinski definition) is 4. The van der Waals surface area contributed by atoms with Gasteiger partial charge in [-0.1, -0.05) is 0 Å². The van der Waals surface area contributed by atoms with E-state index in [1.807, 2.05) is 0 Å². The molecule has 2 rings (SSSR count). The van der Waals surface area contributed by atoms with Gasteiger partial charge in [0.25, 0.3) is 0 Å². The molecule has 8 heteroatoms. The molecule has 4 nitrogen and oxygen atoms in total. The summed E-state index contributed by atoms with van der Waals surface area (Å²) in [5, 5.41) is 0. The number of halogens is 3. The quantitative estimate of drug-likeness (QED) is 0.805. The van der Waals surface area contributed by atoms with Crippen molar-refractivity contribution in [2.45, 2.75) is 19.1 Å². The van der Waals surface area contributed by atoms with Crippen molar-refractivity contribution in [1.29, 1.82) is 0 Å². The van der Waals surface area contributed by atoms with Crippen molar-refractivity contribution < 1.29 is 21.6 Å². The molecule has 1 fully saturated rings. The lowest BCUT2D eigenvalue weighted by atomic mass is 10.1. The van der Waals surface area contributed by atoms with Crippen LogP contribution in [0.25, 0.3) is 0 Å². The lowest BCUT2D eigenvalue weighted by molar-refractivity contribution is -0.137. The highest BCUT2D eigenvalue weighted by molar-refractivity contribution is 7.91. The number of alkyl halides is 3.